The maximum absolute atomic E-state index is 14.3. The predicted octanol–water partition coefficient (Wildman–Crippen LogP) is 7.49. The largest absolute Gasteiger partial charge is 0.481 e. The van der Waals surface area contributed by atoms with E-state index in [1.165, 1.54) is 12.4 Å². The second-order valence-corrected chi connectivity index (χ2v) is 21.7. The first-order chi connectivity index (χ1) is 26.4. The molecule has 7 rings (SSSR count). The van der Waals surface area contributed by atoms with Crippen LogP contribution in [0, 0.1) is 62.6 Å². The number of Topliss-reactive ketones (excluding diaryl/α,β-unsaturated/α-hetero) is 1. The first kappa shape index (κ1) is 41.5. The highest BCUT2D eigenvalue weighted by Gasteiger charge is 2.71. The lowest BCUT2D eigenvalue weighted by Gasteiger charge is -2.72. The van der Waals surface area contributed by atoms with Gasteiger partial charge in [-0.25, -0.2) is 9.97 Å². The zero-order valence-corrected chi connectivity index (χ0v) is 36.1. The van der Waals surface area contributed by atoms with Gasteiger partial charge in [0.25, 0.3) is 5.91 Å². The molecule has 10 atom stereocenters. The van der Waals surface area contributed by atoms with Crippen LogP contribution in [0.1, 0.15) is 151 Å². The number of allylic oxidation sites excluding steroid dienone is 1. The Morgan fingerprint density at radius 1 is 0.842 bits per heavy atom. The summed E-state index contributed by atoms with van der Waals surface area (Å²) >= 11 is 0. The summed E-state index contributed by atoms with van der Waals surface area (Å²) in [4.78, 5) is 75.0. The number of aromatic nitrogens is 2. The number of amides is 2. The second-order valence-electron chi connectivity index (χ2n) is 21.7. The van der Waals surface area contributed by atoms with E-state index in [0.29, 0.717) is 24.7 Å². The van der Waals surface area contributed by atoms with E-state index >= 15 is 0 Å². The molecule has 0 radical (unpaired) electrons. The summed E-state index contributed by atoms with van der Waals surface area (Å²) in [6.07, 6.45) is 10.6. The zero-order valence-electron chi connectivity index (χ0n) is 36.1. The number of carbonyl (C=O) groups excluding carboxylic acids is 4. The van der Waals surface area contributed by atoms with Gasteiger partial charge in [0, 0.05) is 24.2 Å². The molecule has 1 aromatic heterocycles. The van der Waals surface area contributed by atoms with Gasteiger partial charge in [-0.05, 0) is 134 Å². The SMILES string of the molecule is CC(C)C1=C2[C@H]3CC[C@@H]4[C@@]5(C)CC[C@H](OC(=O)C6C[C@@H](C(=O)O)C6(C)C)C(C)(C)[C@@H]5CC[C@@]4(C)[C@]3(C)CC[C@@]2(NC(=O)C(C)(C)NC(=O)c2ncccn2)CC1=O. The van der Waals surface area contributed by atoms with Crippen LogP contribution in [0.4, 0.5) is 0 Å². The molecule has 0 aromatic carbocycles. The number of ketones is 1. The molecule has 6 aliphatic carbocycles. The van der Waals surface area contributed by atoms with Gasteiger partial charge in [-0.15, -0.1) is 0 Å². The molecule has 1 aromatic rings. The molecular formula is C46H66N4O7. The van der Waals surface area contributed by atoms with Crippen molar-refractivity contribution in [3.8, 4) is 0 Å². The molecule has 57 heavy (non-hydrogen) atoms. The molecule has 11 heteroatoms. The molecule has 5 fully saturated rings. The number of hydrogen-bond acceptors (Lipinski definition) is 8. The van der Waals surface area contributed by atoms with Crippen molar-refractivity contribution in [2.45, 2.75) is 158 Å². The summed E-state index contributed by atoms with van der Waals surface area (Å²) in [5.41, 5.74) is -1.09. The Bertz CT molecular complexity index is 1900. The summed E-state index contributed by atoms with van der Waals surface area (Å²) in [6.45, 7) is 23.4. The third-order valence-electron chi connectivity index (χ3n) is 17.6. The fourth-order valence-electron chi connectivity index (χ4n) is 14.1. The van der Waals surface area contributed by atoms with Gasteiger partial charge in [0.2, 0.25) is 11.7 Å². The van der Waals surface area contributed by atoms with Crippen molar-refractivity contribution < 1.29 is 33.8 Å². The smallest absolute Gasteiger partial charge is 0.309 e. The molecule has 5 saturated carbocycles. The molecule has 11 nitrogen and oxygen atoms in total. The highest BCUT2D eigenvalue weighted by molar-refractivity contribution is 6.03. The van der Waals surface area contributed by atoms with Gasteiger partial charge in [0.1, 0.15) is 11.6 Å². The van der Waals surface area contributed by atoms with Crippen LogP contribution >= 0.6 is 0 Å². The summed E-state index contributed by atoms with van der Waals surface area (Å²) < 4.78 is 6.40. The summed E-state index contributed by atoms with van der Waals surface area (Å²) in [7, 11) is 0. The molecule has 0 bridgehead atoms. The standard InChI is InChI=1S/C46H66N4O7/c1-25(2)33-29(51)24-46(50-39(56)42(7,8)49-36(52)35-47-21-12-22-48-35)20-19-44(10)26(34(33)46)13-14-31-43(9)17-16-32(41(5,6)30(43)15-18-45(31,44)11)57-38(55)28-23-27(37(53)54)40(28,3)4/h12,21-22,25-28,30-32H,13-20,23-24H2,1-11H3,(H,49,52)(H,50,56)(H,53,54)/t26-,27+,28?,30+,31-,32+,43+,44-,45-,46-/m1/s1. The van der Waals surface area contributed by atoms with Gasteiger partial charge in [-0.2, -0.15) is 0 Å². The molecule has 0 saturated heterocycles. The molecule has 0 aliphatic heterocycles. The van der Waals surface area contributed by atoms with E-state index in [0.717, 1.165) is 56.1 Å². The summed E-state index contributed by atoms with van der Waals surface area (Å²) in [5.74, 6) is -1.89. The number of carbonyl (C=O) groups is 5. The number of rotatable bonds is 8. The minimum absolute atomic E-state index is 0.00895. The van der Waals surface area contributed by atoms with Crippen LogP contribution < -0.4 is 10.6 Å². The maximum atomic E-state index is 14.3. The third-order valence-corrected chi connectivity index (χ3v) is 17.6. The van der Waals surface area contributed by atoms with Crippen LogP contribution in [0.25, 0.3) is 0 Å². The lowest BCUT2D eigenvalue weighted by molar-refractivity contribution is -0.235. The molecule has 312 valence electrons. The molecule has 2 amide bonds. The number of hydrogen-bond donors (Lipinski definition) is 3. The Hall–Kier alpha value is -3.63. The minimum Gasteiger partial charge on any atom is -0.481 e. The molecular weight excluding hydrogens is 721 g/mol. The van der Waals surface area contributed by atoms with E-state index in [-0.39, 0.29) is 69.5 Å². The fraction of sp³-hybridized carbons (Fsp3) is 0.761. The number of carboxylic acids is 1. The first-order valence-electron chi connectivity index (χ1n) is 21.5. The van der Waals surface area contributed by atoms with Crippen LogP contribution in [0.3, 0.4) is 0 Å². The highest BCUT2D eigenvalue weighted by atomic mass is 16.5. The van der Waals surface area contributed by atoms with Crippen molar-refractivity contribution in [2.24, 2.45) is 62.6 Å². The Balaban J connectivity index is 1.14. The number of aliphatic carboxylic acids is 1. The van der Waals surface area contributed by atoms with E-state index in [2.05, 4.69) is 69.1 Å². The average molecular weight is 787 g/mol. The second kappa shape index (κ2) is 13.4. The average Bonchev–Trinajstić information content (AvgIpc) is 3.41. The van der Waals surface area contributed by atoms with E-state index in [1.54, 1.807) is 19.9 Å². The van der Waals surface area contributed by atoms with Crippen LogP contribution in [-0.4, -0.2) is 61.8 Å². The number of nitrogens with zero attached hydrogens (tertiary/aromatic N) is 2. The van der Waals surface area contributed by atoms with Crippen molar-refractivity contribution in [1.82, 2.24) is 20.6 Å². The Kier molecular flexibility index (Phi) is 9.80. The normalized spacial score (nSPS) is 39.1. The Morgan fingerprint density at radius 2 is 1.51 bits per heavy atom. The van der Waals surface area contributed by atoms with Gasteiger partial charge in [0.05, 0.1) is 17.4 Å². The maximum Gasteiger partial charge on any atom is 0.309 e. The lowest BCUT2D eigenvalue weighted by Crippen LogP contribution is -2.68. The van der Waals surface area contributed by atoms with Crippen LogP contribution in [0.5, 0.6) is 0 Å². The van der Waals surface area contributed by atoms with Gasteiger partial charge in [-0.1, -0.05) is 62.3 Å². The van der Waals surface area contributed by atoms with Crippen molar-refractivity contribution in [1.29, 1.82) is 0 Å². The van der Waals surface area contributed by atoms with Crippen molar-refractivity contribution in [2.75, 3.05) is 0 Å². The number of ether oxygens (including phenoxy) is 1. The quantitative estimate of drug-likeness (QED) is 0.227. The topological polar surface area (TPSA) is 165 Å². The van der Waals surface area contributed by atoms with E-state index in [1.807, 2.05) is 13.8 Å². The minimum atomic E-state index is -1.29. The highest BCUT2D eigenvalue weighted by Crippen LogP contribution is 2.76. The monoisotopic (exact) mass is 786 g/mol. The number of fused-ring (bicyclic) bond motifs is 7. The van der Waals surface area contributed by atoms with E-state index in [9.17, 15) is 29.1 Å². The number of carboxylic acid groups (broad SMARTS) is 1. The molecule has 1 unspecified atom stereocenters. The third kappa shape index (κ3) is 6.04. The predicted molar refractivity (Wildman–Crippen MR) is 214 cm³/mol. The lowest BCUT2D eigenvalue weighted by atomic mass is 9.33. The van der Waals surface area contributed by atoms with Gasteiger partial charge < -0.3 is 20.5 Å². The Labute approximate surface area is 338 Å². The Morgan fingerprint density at radius 3 is 2.12 bits per heavy atom. The van der Waals surface area contributed by atoms with Crippen LogP contribution in [-0.2, 0) is 23.9 Å². The van der Waals surface area contributed by atoms with Gasteiger partial charge >= 0.3 is 11.9 Å². The number of esters is 1. The molecule has 1 heterocycles. The van der Waals surface area contributed by atoms with Crippen LogP contribution in [0.15, 0.2) is 29.6 Å². The summed E-state index contributed by atoms with van der Waals surface area (Å²) in [6, 6.07) is 1.63. The molecule has 6 aliphatic rings. The first-order valence-corrected chi connectivity index (χ1v) is 21.5. The van der Waals surface area contributed by atoms with Crippen molar-refractivity contribution in [3.05, 3.63) is 35.4 Å². The van der Waals surface area contributed by atoms with E-state index < -0.39 is 40.2 Å². The molecule has 0 spiro atoms. The zero-order chi connectivity index (χ0) is 41.9. The van der Waals surface area contributed by atoms with Crippen molar-refractivity contribution in [3.63, 3.8) is 0 Å². The fourth-order valence-corrected chi connectivity index (χ4v) is 14.1. The van der Waals surface area contributed by atoms with Gasteiger partial charge in [0.15, 0.2) is 5.78 Å². The van der Waals surface area contributed by atoms with E-state index in [4.69, 9.17) is 4.74 Å². The number of nitrogens with one attached hydrogen (secondary N) is 2. The van der Waals surface area contributed by atoms with Crippen molar-refractivity contribution >= 4 is 29.5 Å². The summed E-state index contributed by atoms with van der Waals surface area (Å²) in [5, 5.41) is 15.9. The van der Waals surface area contributed by atoms with Gasteiger partial charge in [-0.3, -0.25) is 24.0 Å². The molecule has 3 N–H and O–H groups in total. The van der Waals surface area contributed by atoms with Crippen LogP contribution in [0.2, 0.25) is 0 Å².